The van der Waals surface area contributed by atoms with Crippen molar-refractivity contribution < 1.29 is 74.9 Å². The van der Waals surface area contributed by atoms with Crippen molar-refractivity contribution in [3.05, 3.63) is 81.9 Å². The summed E-state index contributed by atoms with van der Waals surface area (Å²) in [6, 6.07) is 0. The molecule has 3 saturated heterocycles. The summed E-state index contributed by atoms with van der Waals surface area (Å²) < 4.78 is 74.4. The van der Waals surface area contributed by atoms with E-state index in [-0.39, 0.29) is 73.4 Å². The van der Waals surface area contributed by atoms with Crippen molar-refractivity contribution in [2.24, 2.45) is 0 Å². The van der Waals surface area contributed by atoms with Gasteiger partial charge in [0, 0.05) is 50.1 Å². The molecule has 0 amide bonds. The normalized spacial score (nSPS) is 28.1. The molecule has 7 unspecified atom stereocenters. The molecule has 30 nitrogen and oxygen atoms in total. The van der Waals surface area contributed by atoms with Crippen LogP contribution < -0.4 is 33.8 Å². The second-order valence-electron chi connectivity index (χ2n) is 17.4. The van der Waals surface area contributed by atoms with E-state index in [9.17, 15) is 43.8 Å². The summed E-state index contributed by atoms with van der Waals surface area (Å²) in [5, 5.41) is 9.25. The Hall–Kier alpha value is -2.18. The molecule has 4 aromatic heterocycles. The minimum absolute atomic E-state index is 0.0385. The zero-order chi connectivity index (χ0) is 55.7. The molecule has 9 N–H and O–H groups in total. The first kappa shape index (κ1) is 61.4. The Morgan fingerprint density at radius 3 is 1.84 bits per heavy atom. The molecule has 39 heteroatoms. The number of thiol groups is 1. The van der Waals surface area contributed by atoms with Crippen LogP contribution in [0.15, 0.2) is 42.7 Å². The van der Waals surface area contributed by atoms with Gasteiger partial charge in [0.15, 0.2) is 17.4 Å². The van der Waals surface area contributed by atoms with Crippen molar-refractivity contribution in [1.82, 2.24) is 38.6 Å². The fourth-order valence-electron chi connectivity index (χ4n) is 8.07. The van der Waals surface area contributed by atoms with E-state index >= 15 is 0 Å². The number of hydrogen-bond donors (Lipinski definition) is 9. The van der Waals surface area contributed by atoms with Crippen molar-refractivity contribution in [3.8, 4) is 0 Å². The molecular weight excluding hydrogens is 1190 g/mol. The third kappa shape index (κ3) is 15.4. The first-order chi connectivity index (χ1) is 35.6. The maximum absolute atomic E-state index is 13.1. The number of nitrogen functional groups attached to an aromatic ring is 1. The summed E-state index contributed by atoms with van der Waals surface area (Å²) in [6.45, 7) is -8.72. The standard InChI is InChI=1S/C37H55N9O21P4S5/c1-17(2)64-71(75,76)60-14-23-21(10-26(62-23)46-16-39-27-30(46)40-35(38)41-33(27)50)66-69(54,73)58-13-22-20(9-25(61-22)44-11-18(3)31(48)42-36(44)51)65-70(55,74)59-15-24-28(67-68(53,72)57-8-6-7-47)29(56-5)34(63-24)45-12-19(4)32(49)43-37(45)52/h11-12,16-17,20-26,28-29,34,47H,6-10,13-15H2,1-5H3,(H,53,72)(H,54,73)(H,55,74)(H,75,76)(H,42,48,51)(H,43,49,52)(H3,38,40,41,50)/t20?,21?,22-,23-,24-,25-,26-,28?,29+,34-,68?,69?,70?/m1/s1. The number of hydrogen-bond acceptors (Lipinski definition) is 25. The number of nitrogens with two attached hydrogens (primary N) is 1. The highest BCUT2D eigenvalue weighted by atomic mass is 32.9. The smallest absolute Gasteiger partial charge is 0.330 e. The van der Waals surface area contributed by atoms with Crippen molar-refractivity contribution in [2.45, 2.75) is 114 Å². The van der Waals surface area contributed by atoms with E-state index < -0.39 is 129 Å². The molecule has 3 fully saturated rings. The highest BCUT2D eigenvalue weighted by Crippen LogP contribution is 2.57. The van der Waals surface area contributed by atoms with Crippen LogP contribution in [0.2, 0.25) is 0 Å². The topological polar surface area (TPSA) is 391 Å². The molecule has 0 aliphatic carbocycles. The number of ether oxygens (including phenoxy) is 4. The molecule has 7 rings (SSSR count). The number of nitrogens with zero attached hydrogens (tertiary/aromatic N) is 5. The van der Waals surface area contributed by atoms with Crippen LogP contribution in [0.3, 0.4) is 0 Å². The molecule has 3 aliphatic heterocycles. The number of aliphatic hydroxyl groups excluding tert-OH is 1. The maximum Gasteiger partial charge on any atom is 0.330 e. The Kier molecular flexibility index (Phi) is 20.5. The van der Waals surface area contributed by atoms with Gasteiger partial charge in [-0.1, -0.05) is 12.2 Å². The minimum Gasteiger partial charge on any atom is -0.396 e. The van der Waals surface area contributed by atoms with Crippen LogP contribution in [0.1, 0.15) is 62.9 Å². The summed E-state index contributed by atoms with van der Waals surface area (Å²) in [4.78, 5) is 113. The van der Waals surface area contributed by atoms with Gasteiger partial charge in [0.05, 0.1) is 51.1 Å². The van der Waals surface area contributed by atoms with Gasteiger partial charge in [-0.3, -0.25) is 47.6 Å². The Labute approximate surface area is 455 Å². The maximum atomic E-state index is 13.1. The van der Waals surface area contributed by atoms with Gasteiger partial charge in [-0.2, -0.15) is 4.98 Å². The van der Waals surface area contributed by atoms with Crippen LogP contribution in [-0.4, -0.2) is 147 Å². The van der Waals surface area contributed by atoms with E-state index in [0.29, 0.717) is 0 Å². The number of aryl methyl sites for hydroxylation is 2. The summed E-state index contributed by atoms with van der Waals surface area (Å²) >= 11 is 26.1. The number of nitrogens with one attached hydrogen (secondary N) is 3. The predicted octanol–water partition coefficient (Wildman–Crippen LogP) is 0.741. The van der Waals surface area contributed by atoms with Gasteiger partial charge in [0.2, 0.25) is 11.6 Å². The van der Waals surface area contributed by atoms with Crippen LogP contribution in [-0.2, 0) is 102 Å². The number of methoxy groups -OCH3 is 1. The van der Waals surface area contributed by atoms with E-state index in [0.717, 1.165) is 9.13 Å². The average molecular weight is 1250 g/mol. The van der Waals surface area contributed by atoms with Gasteiger partial charge >= 0.3 is 31.5 Å². The molecule has 4 aromatic rings. The van der Waals surface area contributed by atoms with Crippen molar-refractivity contribution in [3.63, 3.8) is 0 Å². The molecule has 0 bridgehead atoms. The van der Waals surface area contributed by atoms with E-state index in [1.54, 1.807) is 13.8 Å². The number of rotatable bonds is 25. The van der Waals surface area contributed by atoms with Gasteiger partial charge in [-0.25, -0.2) is 14.6 Å². The Bertz CT molecular complexity index is 3250. The summed E-state index contributed by atoms with van der Waals surface area (Å²) in [5.74, 6) is -0.189. The van der Waals surface area contributed by atoms with E-state index in [2.05, 4.69) is 37.2 Å². The molecular formula is C37H55N9O21P4S5. The molecule has 76 heavy (non-hydrogen) atoms. The molecule has 3 aliphatic rings. The largest absolute Gasteiger partial charge is 0.396 e. The zero-order valence-corrected chi connectivity index (χ0v) is 48.4. The van der Waals surface area contributed by atoms with Crippen molar-refractivity contribution in [2.75, 3.05) is 45.9 Å². The van der Waals surface area contributed by atoms with Crippen molar-refractivity contribution in [1.29, 1.82) is 0 Å². The first-order valence-corrected chi connectivity index (χ1v) is 34.2. The summed E-state index contributed by atoms with van der Waals surface area (Å²) in [7, 11) is 1.24. The second-order valence-corrected chi connectivity index (χ2v) is 31.0. The van der Waals surface area contributed by atoms with Crippen molar-refractivity contribution >= 4 is 102 Å². The number of imidazole rings is 1. The highest BCUT2D eigenvalue weighted by Gasteiger charge is 2.51. The molecule has 7 heterocycles. The van der Waals surface area contributed by atoms with Gasteiger partial charge in [0.1, 0.15) is 43.0 Å². The quantitative estimate of drug-likeness (QED) is 0.0251. The fraction of sp³-hybridized carbons (Fsp3) is 0.649. The Balaban J connectivity index is 1.11. The molecule has 0 spiro atoms. The zero-order valence-electron chi connectivity index (χ0n) is 40.7. The molecule has 424 valence electrons. The lowest BCUT2D eigenvalue weighted by molar-refractivity contribution is -0.0636. The number of aromatic nitrogens is 8. The molecule has 0 radical (unpaired) electrons. The SMILES string of the molecule is CO[C@H]1C(OP(O)(=S)OCCCO)[C@@H](COP(O)(=S)OC2C[C@H](n3cc(C)c(=O)[nH]c3=O)O[C@@H]2COP(O)(=S)OC2C[C@H](n3cnc4c(=O)[nH]c(N)nc43)O[C@@H]2COP(=S)(S)OC(C)C)O[C@H]1n1cc(C)c(=O)[nH]c1=O. The molecule has 0 aromatic carbocycles. The first-order valence-electron chi connectivity index (χ1n) is 22.7. The number of aliphatic hydroxyl groups is 1. The number of fused-ring (bicyclic) bond motifs is 1. The lowest BCUT2D eigenvalue weighted by Gasteiger charge is -2.28. The third-order valence-corrected chi connectivity index (χ3v) is 18.6. The van der Waals surface area contributed by atoms with E-state index in [1.807, 2.05) is 0 Å². The average Bonchev–Trinajstić information content (AvgIpc) is 4.11. The minimum atomic E-state index is -4.49. The highest BCUT2D eigenvalue weighted by molar-refractivity contribution is 8.60. The number of anilines is 1. The Morgan fingerprint density at radius 2 is 1.28 bits per heavy atom. The van der Waals surface area contributed by atoms with Gasteiger partial charge < -0.3 is 76.1 Å². The summed E-state index contributed by atoms with van der Waals surface area (Å²) in [6.07, 6.45) is -9.16. The molecule has 0 saturated carbocycles. The Morgan fingerprint density at radius 1 is 0.750 bits per heavy atom. The van der Waals surface area contributed by atoms with Crippen LogP contribution in [0.4, 0.5) is 5.95 Å². The van der Waals surface area contributed by atoms with Crippen LogP contribution in [0.5, 0.6) is 0 Å². The lowest BCUT2D eigenvalue weighted by Crippen LogP contribution is -2.40. The number of aromatic amines is 3. The monoisotopic (exact) mass is 1250 g/mol. The van der Waals surface area contributed by atoms with Crippen LogP contribution in [0, 0.1) is 13.8 Å². The third-order valence-electron chi connectivity index (χ3n) is 11.5. The van der Waals surface area contributed by atoms with Gasteiger partial charge in [-0.05, 0) is 81.3 Å². The fourth-order valence-corrected chi connectivity index (χ4v) is 14.9. The molecule has 14 atom stereocenters. The lowest BCUT2D eigenvalue weighted by atomic mass is 10.1. The van der Waals surface area contributed by atoms with E-state index in [4.69, 9.17) is 108 Å². The van der Waals surface area contributed by atoms with E-state index in [1.165, 1.54) is 44.2 Å². The van der Waals surface area contributed by atoms with Gasteiger partial charge in [-0.15, -0.1) is 0 Å². The second kappa shape index (κ2) is 25.3. The van der Waals surface area contributed by atoms with Crippen LogP contribution in [0.25, 0.3) is 11.2 Å². The van der Waals surface area contributed by atoms with Crippen LogP contribution >= 0.6 is 38.1 Å². The predicted molar refractivity (Wildman–Crippen MR) is 286 cm³/mol. The number of H-pyrrole nitrogens is 3. The van der Waals surface area contributed by atoms with Gasteiger partial charge in [0.25, 0.3) is 16.7 Å². The summed E-state index contributed by atoms with van der Waals surface area (Å²) in [5.41, 5.74) is -0.715.